The number of nitrogens with one attached hydrogen (secondary N) is 2. The first kappa shape index (κ1) is 8.23. The van der Waals surface area contributed by atoms with E-state index >= 15 is 0 Å². The molecule has 14 heavy (non-hydrogen) atoms. The first-order chi connectivity index (χ1) is 6.75. The Morgan fingerprint density at radius 1 is 1.50 bits per heavy atom. The van der Waals surface area contributed by atoms with Crippen molar-refractivity contribution in [3.05, 3.63) is 0 Å². The van der Waals surface area contributed by atoms with Crippen LogP contribution in [0, 0.1) is 5.92 Å². The van der Waals surface area contributed by atoms with Gasteiger partial charge >= 0.3 is 0 Å². The van der Waals surface area contributed by atoms with Gasteiger partial charge in [0.15, 0.2) is 6.29 Å². The Hall–Kier alpha value is -1.10. The minimum absolute atomic E-state index is 0.165. The highest BCUT2D eigenvalue weighted by Gasteiger charge is 2.45. The maximum atomic E-state index is 12.0. The van der Waals surface area contributed by atoms with Crippen LogP contribution < -0.4 is 10.7 Å². The number of hydrazine groups is 1. The lowest BCUT2D eigenvalue weighted by Gasteiger charge is -2.36. The molecule has 3 atom stereocenters. The summed E-state index contributed by atoms with van der Waals surface area (Å²) < 4.78 is 0. The molecule has 5 nitrogen and oxygen atoms in total. The van der Waals surface area contributed by atoms with Crippen LogP contribution in [0.15, 0.2) is 4.99 Å². The molecule has 5 heteroatoms. The van der Waals surface area contributed by atoms with E-state index in [1.54, 1.807) is 5.01 Å². The van der Waals surface area contributed by atoms with Crippen molar-refractivity contribution in [2.24, 2.45) is 10.9 Å². The molecule has 0 spiro atoms. The van der Waals surface area contributed by atoms with Crippen molar-refractivity contribution >= 4 is 11.7 Å². The molecule has 3 rings (SSSR count). The second-order valence-electron chi connectivity index (χ2n) is 4.22. The maximum absolute atomic E-state index is 12.0. The Morgan fingerprint density at radius 3 is 3.21 bits per heavy atom. The molecule has 2 fully saturated rings. The zero-order valence-electron chi connectivity index (χ0n) is 8.16. The SMILES string of the molecule is CC1=NC2NC3CCCC3C(=O)N2N1. The topological polar surface area (TPSA) is 56.7 Å². The van der Waals surface area contributed by atoms with Gasteiger partial charge in [0.1, 0.15) is 5.84 Å². The smallest absolute Gasteiger partial charge is 0.248 e. The van der Waals surface area contributed by atoms with Crippen molar-refractivity contribution in [1.82, 2.24) is 15.8 Å². The lowest BCUT2D eigenvalue weighted by molar-refractivity contribution is -0.144. The molecule has 1 saturated heterocycles. The zero-order valence-corrected chi connectivity index (χ0v) is 8.16. The summed E-state index contributed by atoms with van der Waals surface area (Å²) in [7, 11) is 0. The third kappa shape index (κ3) is 0.987. The highest BCUT2D eigenvalue weighted by atomic mass is 16.2. The minimum atomic E-state index is -0.165. The Bertz CT molecular complexity index is 314. The molecule has 0 aromatic heterocycles. The third-order valence-electron chi connectivity index (χ3n) is 3.28. The first-order valence-electron chi connectivity index (χ1n) is 5.16. The molecule has 0 aromatic carbocycles. The number of aliphatic imine (C=N–C) groups is 1. The van der Waals surface area contributed by atoms with Crippen molar-refractivity contribution in [1.29, 1.82) is 0 Å². The van der Waals surface area contributed by atoms with Crippen LogP contribution in [0.3, 0.4) is 0 Å². The Morgan fingerprint density at radius 2 is 2.36 bits per heavy atom. The summed E-state index contributed by atoms with van der Waals surface area (Å²) in [5.74, 6) is 1.19. The van der Waals surface area contributed by atoms with Gasteiger partial charge < -0.3 is 0 Å². The van der Waals surface area contributed by atoms with E-state index in [9.17, 15) is 4.79 Å². The predicted octanol–water partition coefficient (Wildman–Crippen LogP) is -0.193. The number of nitrogens with zero attached hydrogens (tertiary/aromatic N) is 2. The van der Waals surface area contributed by atoms with Crippen LogP contribution in [-0.2, 0) is 4.79 Å². The number of rotatable bonds is 0. The molecule has 76 valence electrons. The van der Waals surface area contributed by atoms with E-state index in [0.717, 1.165) is 25.1 Å². The fourth-order valence-corrected chi connectivity index (χ4v) is 2.62. The summed E-state index contributed by atoms with van der Waals surface area (Å²) >= 11 is 0. The van der Waals surface area contributed by atoms with E-state index < -0.39 is 0 Å². The second-order valence-corrected chi connectivity index (χ2v) is 4.22. The van der Waals surface area contributed by atoms with Gasteiger partial charge in [0.25, 0.3) is 0 Å². The molecule has 2 N–H and O–H groups in total. The number of hydrogen-bond donors (Lipinski definition) is 2. The number of carbonyl (C=O) groups is 1. The van der Waals surface area contributed by atoms with E-state index in [2.05, 4.69) is 15.7 Å². The van der Waals surface area contributed by atoms with E-state index in [-0.39, 0.29) is 18.1 Å². The largest absolute Gasteiger partial charge is 0.280 e. The van der Waals surface area contributed by atoms with Gasteiger partial charge in [-0.3, -0.25) is 15.5 Å². The molecule has 3 unspecified atom stereocenters. The zero-order chi connectivity index (χ0) is 9.71. The van der Waals surface area contributed by atoms with Crippen LogP contribution in [0.5, 0.6) is 0 Å². The Labute approximate surface area is 82.5 Å². The lowest BCUT2D eigenvalue weighted by Crippen LogP contribution is -2.62. The van der Waals surface area contributed by atoms with Crippen LogP contribution in [0.2, 0.25) is 0 Å². The summed E-state index contributed by atoms with van der Waals surface area (Å²) in [6, 6.07) is 0.347. The van der Waals surface area contributed by atoms with Crippen LogP contribution in [0.4, 0.5) is 0 Å². The van der Waals surface area contributed by atoms with Gasteiger partial charge in [-0.1, -0.05) is 6.42 Å². The van der Waals surface area contributed by atoms with Gasteiger partial charge in [0, 0.05) is 6.04 Å². The third-order valence-corrected chi connectivity index (χ3v) is 3.28. The lowest BCUT2D eigenvalue weighted by atomic mass is 10.0. The van der Waals surface area contributed by atoms with Gasteiger partial charge in [0.2, 0.25) is 5.91 Å². The molecule has 0 aromatic rings. The molecule has 3 aliphatic rings. The standard InChI is InChI=1S/C9H14N4O/c1-5-10-9-11-7-4-2-3-6(7)8(14)13(9)12-5/h6-7,9,11H,2-4H2,1H3,(H,10,12). The maximum Gasteiger partial charge on any atom is 0.248 e. The second kappa shape index (κ2) is 2.70. The van der Waals surface area contributed by atoms with Crippen molar-refractivity contribution < 1.29 is 4.79 Å². The predicted molar refractivity (Wildman–Crippen MR) is 51.1 cm³/mol. The van der Waals surface area contributed by atoms with E-state index in [1.165, 1.54) is 0 Å². The normalized spacial score (nSPS) is 40.4. The summed E-state index contributed by atoms with van der Waals surface area (Å²) in [6.45, 7) is 1.88. The van der Waals surface area contributed by atoms with E-state index in [0.29, 0.717) is 6.04 Å². The van der Waals surface area contributed by atoms with Crippen molar-refractivity contribution in [3.8, 4) is 0 Å². The van der Waals surface area contributed by atoms with Gasteiger partial charge in [-0.05, 0) is 19.8 Å². The summed E-state index contributed by atoms with van der Waals surface area (Å²) in [5, 5.41) is 5.02. The molecule has 1 aliphatic carbocycles. The molecular formula is C9H14N4O. The van der Waals surface area contributed by atoms with Gasteiger partial charge in [-0.2, -0.15) is 0 Å². The van der Waals surface area contributed by atoms with Crippen molar-refractivity contribution in [3.63, 3.8) is 0 Å². The van der Waals surface area contributed by atoms with Gasteiger partial charge in [-0.15, -0.1) is 0 Å². The monoisotopic (exact) mass is 194 g/mol. The quantitative estimate of drug-likeness (QED) is 0.562. The van der Waals surface area contributed by atoms with Crippen LogP contribution in [-0.4, -0.2) is 29.1 Å². The molecule has 1 amide bonds. The summed E-state index contributed by atoms with van der Waals surface area (Å²) in [5.41, 5.74) is 2.99. The number of hydrogen-bond acceptors (Lipinski definition) is 4. The van der Waals surface area contributed by atoms with Gasteiger partial charge in [-0.25, -0.2) is 10.0 Å². The van der Waals surface area contributed by atoms with Crippen molar-refractivity contribution in [2.75, 3.05) is 0 Å². The van der Waals surface area contributed by atoms with E-state index in [1.807, 2.05) is 6.92 Å². The molecule has 2 heterocycles. The minimum Gasteiger partial charge on any atom is -0.280 e. The summed E-state index contributed by atoms with van der Waals surface area (Å²) in [6.07, 6.45) is 3.11. The molecule has 2 aliphatic heterocycles. The van der Waals surface area contributed by atoms with Crippen molar-refractivity contribution in [2.45, 2.75) is 38.5 Å². The van der Waals surface area contributed by atoms with E-state index in [4.69, 9.17) is 0 Å². The molecular weight excluding hydrogens is 180 g/mol. The Balaban J connectivity index is 1.88. The van der Waals surface area contributed by atoms with Crippen LogP contribution >= 0.6 is 0 Å². The molecule has 1 saturated carbocycles. The highest BCUT2D eigenvalue weighted by Crippen LogP contribution is 2.32. The number of fused-ring (bicyclic) bond motifs is 2. The van der Waals surface area contributed by atoms with Crippen LogP contribution in [0.25, 0.3) is 0 Å². The highest BCUT2D eigenvalue weighted by molar-refractivity contribution is 5.88. The molecule has 0 radical (unpaired) electrons. The Kier molecular flexibility index (Phi) is 1.58. The van der Waals surface area contributed by atoms with Crippen LogP contribution in [0.1, 0.15) is 26.2 Å². The fraction of sp³-hybridized carbons (Fsp3) is 0.778. The molecule has 0 bridgehead atoms. The summed E-state index contributed by atoms with van der Waals surface area (Å²) in [4.78, 5) is 16.3. The average molecular weight is 194 g/mol. The number of carbonyl (C=O) groups excluding carboxylic acids is 1. The first-order valence-corrected chi connectivity index (χ1v) is 5.16. The number of amidine groups is 1. The average Bonchev–Trinajstić information content (AvgIpc) is 2.71. The fourth-order valence-electron chi connectivity index (χ4n) is 2.62. The van der Waals surface area contributed by atoms with Gasteiger partial charge in [0.05, 0.1) is 5.92 Å². The number of amides is 1.